The number of hydrogen-bond donors (Lipinski definition) is 2. The van der Waals surface area contributed by atoms with Crippen LogP contribution in [0.2, 0.25) is 0 Å². The second kappa shape index (κ2) is 7.18. The standard InChI is InChI=1S/C18H22O4/c1-4-14-15(8-9-21-2)18(17(20)11-16(14)19)12-6-5-7-13(10-12)22-3/h5-7,10-11,19-20H,4,8-9H2,1-3H3. The zero-order chi connectivity index (χ0) is 16.1. The smallest absolute Gasteiger partial charge is 0.127 e. The molecule has 0 saturated carbocycles. The van der Waals surface area contributed by atoms with E-state index in [9.17, 15) is 10.2 Å². The van der Waals surface area contributed by atoms with Gasteiger partial charge >= 0.3 is 0 Å². The molecule has 0 spiro atoms. The molecule has 0 aromatic heterocycles. The second-order valence-corrected chi connectivity index (χ2v) is 5.08. The van der Waals surface area contributed by atoms with Gasteiger partial charge in [0, 0.05) is 18.7 Å². The summed E-state index contributed by atoms with van der Waals surface area (Å²) in [5, 5.41) is 20.5. The van der Waals surface area contributed by atoms with Crippen molar-refractivity contribution in [2.75, 3.05) is 20.8 Å². The Kier molecular flexibility index (Phi) is 5.28. The topological polar surface area (TPSA) is 58.9 Å². The normalized spacial score (nSPS) is 10.7. The first-order valence-corrected chi connectivity index (χ1v) is 7.32. The molecule has 0 heterocycles. The number of ether oxygens (including phenoxy) is 2. The van der Waals surface area contributed by atoms with E-state index in [2.05, 4.69) is 0 Å². The summed E-state index contributed by atoms with van der Waals surface area (Å²) in [5.41, 5.74) is 3.34. The summed E-state index contributed by atoms with van der Waals surface area (Å²) in [7, 11) is 3.25. The van der Waals surface area contributed by atoms with Crippen molar-refractivity contribution in [1.29, 1.82) is 0 Å². The van der Waals surface area contributed by atoms with E-state index in [1.807, 2.05) is 31.2 Å². The van der Waals surface area contributed by atoms with E-state index >= 15 is 0 Å². The van der Waals surface area contributed by atoms with Gasteiger partial charge in [0.25, 0.3) is 0 Å². The molecule has 2 rings (SSSR count). The summed E-state index contributed by atoms with van der Waals surface area (Å²) in [5.74, 6) is 0.910. The van der Waals surface area contributed by atoms with E-state index in [-0.39, 0.29) is 11.5 Å². The first-order chi connectivity index (χ1) is 10.6. The number of phenols is 2. The molecule has 2 aromatic rings. The summed E-state index contributed by atoms with van der Waals surface area (Å²) in [4.78, 5) is 0. The zero-order valence-corrected chi connectivity index (χ0v) is 13.2. The van der Waals surface area contributed by atoms with Crippen molar-refractivity contribution in [3.63, 3.8) is 0 Å². The van der Waals surface area contributed by atoms with Crippen molar-refractivity contribution in [3.05, 3.63) is 41.5 Å². The largest absolute Gasteiger partial charge is 0.508 e. The number of phenolic OH excluding ortho intramolecular Hbond substituents is 2. The minimum Gasteiger partial charge on any atom is -0.508 e. The predicted octanol–water partition coefficient (Wildman–Crippen LogP) is 3.52. The molecule has 0 aliphatic heterocycles. The first kappa shape index (κ1) is 16.2. The number of hydrogen-bond acceptors (Lipinski definition) is 4. The lowest BCUT2D eigenvalue weighted by Gasteiger charge is -2.18. The van der Waals surface area contributed by atoms with Crippen molar-refractivity contribution in [2.24, 2.45) is 0 Å². The average molecular weight is 302 g/mol. The Bertz CT molecular complexity index is 650. The SMILES string of the molecule is CCc1c(O)cc(O)c(-c2cccc(OC)c2)c1CCOC. The maximum atomic E-state index is 10.4. The van der Waals surface area contributed by atoms with Crippen LogP contribution in [-0.4, -0.2) is 31.0 Å². The second-order valence-electron chi connectivity index (χ2n) is 5.08. The number of aromatic hydroxyl groups is 2. The zero-order valence-electron chi connectivity index (χ0n) is 13.2. The van der Waals surface area contributed by atoms with Gasteiger partial charge in [-0.15, -0.1) is 0 Å². The highest BCUT2D eigenvalue weighted by molar-refractivity contribution is 5.77. The molecule has 0 atom stereocenters. The molecule has 0 saturated heterocycles. The Morgan fingerprint density at radius 3 is 2.41 bits per heavy atom. The van der Waals surface area contributed by atoms with Crippen molar-refractivity contribution in [2.45, 2.75) is 19.8 Å². The Labute approximate surface area is 130 Å². The van der Waals surface area contributed by atoms with Gasteiger partial charge in [-0.2, -0.15) is 0 Å². The summed E-state index contributed by atoms with van der Waals surface area (Å²) in [6, 6.07) is 8.94. The fourth-order valence-electron chi connectivity index (χ4n) is 2.72. The Morgan fingerprint density at radius 1 is 1.00 bits per heavy atom. The molecule has 0 unspecified atom stereocenters. The van der Waals surface area contributed by atoms with Gasteiger partial charge in [-0.05, 0) is 41.7 Å². The van der Waals surface area contributed by atoms with Crippen LogP contribution in [0, 0.1) is 0 Å². The van der Waals surface area contributed by atoms with E-state index in [4.69, 9.17) is 9.47 Å². The third-order valence-electron chi connectivity index (χ3n) is 3.77. The third-order valence-corrected chi connectivity index (χ3v) is 3.77. The summed E-state index contributed by atoms with van der Waals surface area (Å²) < 4.78 is 10.4. The van der Waals surface area contributed by atoms with Crippen LogP contribution in [-0.2, 0) is 17.6 Å². The molecule has 118 valence electrons. The number of rotatable bonds is 6. The molecule has 22 heavy (non-hydrogen) atoms. The molecule has 0 aliphatic carbocycles. The number of methoxy groups -OCH3 is 2. The molecule has 2 aromatic carbocycles. The maximum Gasteiger partial charge on any atom is 0.127 e. The van der Waals surface area contributed by atoms with Gasteiger partial charge in [0.2, 0.25) is 0 Å². The van der Waals surface area contributed by atoms with Crippen LogP contribution in [0.5, 0.6) is 17.2 Å². The minimum absolute atomic E-state index is 0.0639. The average Bonchev–Trinajstić information content (AvgIpc) is 2.52. The lowest BCUT2D eigenvalue weighted by atomic mass is 9.90. The van der Waals surface area contributed by atoms with Crippen LogP contribution in [0.4, 0.5) is 0 Å². The van der Waals surface area contributed by atoms with E-state index < -0.39 is 0 Å². The monoisotopic (exact) mass is 302 g/mol. The fraction of sp³-hybridized carbons (Fsp3) is 0.333. The number of benzene rings is 2. The van der Waals surface area contributed by atoms with Crippen molar-refractivity contribution in [1.82, 2.24) is 0 Å². The van der Waals surface area contributed by atoms with Gasteiger partial charge in [-0.3, -0.25) is 0 Å². The van der Waals surface area contributed by atoms with Gasteiger partial charge in [-0.1, -0.05) is 19.1 Å². The summed E-state index contributed by atoms with van der Waals surface area (Å²) in [6.45, 7) is 2.50. The highest BCUT2D eigenvalue weighted by Crippen LogP contribution is 2.40. The third kappa shape index (κ3) is 3.17. The molecule has 2 N–H and O–H groups in total. The molecule has 0 amide bonds. The lowest BCUT2D eigenvalue weighted by Crippen LogP contribution is -2.03. The van der Waals surface area contributed by atoms with Crippen LogP contribution in [0.3, 0.4) is 0 Å². The van der Waals surface area contributed by atoms with Gasteiger partial charge < -0.3 is 19.7 Å². The lowest BCUT2D eigenvalue weighted by molar-refractivity contribution is 0.202. The molecule has 0 aliphatic rings. The molecular formula is C18H22O4. The Hall–Kier alpha value is -2.20. The highest BCUT2D eigenvalue weighted by atomic mass is 16.5. The summed E-state index contributed by atoms with van der Waals surface area (Å²) in [6.07, 6.45) is 1.30. The first-order valence-electron chi connectivity index (χ1n) is 7.32. The van der Waals surface area contributed by atoms with Crippen LogP contribution in [0.25, 0.3) is 11.1 Å². The maximum absolute atomic E-state index is 10.4. The van der Waals surface area contributed by atoms with Crippen LogP contribution >= 0.6 is 0 Å². The molecular weight excluding hydrogens is 280 g/mol. The van der Waals surface area contributed by atoms with Crippen molar-refractivity contribution >= 4 is 0 Å². The Morgan fingerprint density at radius 2 is 1.77 bits per heavy atom. The minimum atomic E-state index is 0.0639. The highest BCUT2D eigenvalue weighted by Gasteiger charge is 2.18. The molecule has 0 radical (unpaired) electrons. The van der Waals surface area contributed by atoms with E-state index in [1.54, 1.807) is 14.2 Å². The molecule has 4 nitrogen and oxygen atoms in total. The van der Waals surface area contributed by atoms with Crippen LogP contribution < -0.4 is 4.74 Å². The van der Waals surface area contributed by atoms with Crippen LogP contribution in [0.15, 0.2) is 30.3 Å². The van der Waals surface area contributed by atoms with E-state index in [0.29, 0.717) is 19.4 Å². The molecule has 0 bridgehead atoms. The summed E-state index contributed by atoms with van der Waals surface area (Å²) >= 11 is 0. The van der Waals surface area contributed by atoms with Gasteiger partial charge in [0.1, 0.15) is 17.2 Å². The quantitative estimate of drug-likeness (QED) is 0.857. The van der Waals surface area contributed by atoms with Crippen molar-refractivity contribution < 1.29 is 19.7 Å². The van der Waals surface area contributed by atoms with Crippen molar-refractivity contribution in [3.8, 4) is 28.4 Å². The molecule has 0 fully saturated rings. The van der Waals surface area contributed by atoms with E-state index in [1.165, 1.54) is 6.07 Å². The van der Waals surface area contributed by atoms with E-state index in [0.717, 1.165) is 28.0 Å². The van der Waals surface area contributed by atoms with Gasteiger partial charge in [0.15, 0.2) is 0 Å². The fourth-order valence-corrected chi connectivity index (χ4v) is 2.72. The van der Waals surface area contributed by atoms with Gasteiger partial charge in [-0.25, -0.2) is 0 Å². The van der Waals surface area contributed by atoms with Crippen LogP contribution in [0.1, 0.15) is 18.1 Å². The molecule has 4 heteroatoms. The predicted molar refractivity (Wildman–Crippen MR) is 86.7 cm³/mol. The Balaban J connectivity index is 2.66. The van der Waals surface area contributed by atoms with Gasteiger partial charge in [0.05, 0.1) is 13.7 Å².